The molecule has 150 valence electrons. The number of allylic oxidation sites excluding steroid dienone is 1. The molecule has 0 N–H and O–H groups in total. The molecular weight excluding hydrogens is 380 g/mol. The van der Waals surface area contributed by atoms with Gasteiger partial charge in [-0.2, -0.15) is 0 Å². The van der Waals surface area contributed by atoms with Crippen LogP contribution in [0.1, 0.15) is 44.2 Å². The Balaban J connectivity index is 1.57. The van der Waals surface area contributed by atoms with E-state index in [1.54, 1.807) is 0 Å². The summed E-state index contributed by atoms with van der Waals surface area (Å²) in [6.45, 7) is 10.9. The van der Waals surface area contributed by atoms with Crippen LogP contribution in [0.25, 0.3) is 0 Å². The van der Waals surface area contributed by atoms with Crippen LogP contribution >= 0.6 is 11.6 Å². The molecule has 2 fully saturated rings. The number of halogens is 1. The number of nitrogens with zero attached hydrogens (tertiary/aromatic N) is 4. The lowest BCUT2D eigenvalue weighted by Crippen LogP contribution is -2.46. The summed E-state index contributed by atoms with van der Waals surface area (Å²) in [5, 5.41) is 0.765. The molecule has 5 rings (SSSR count). The molecule has 3 heterocycles. The molecule has 0 bridgehead atoms. The standard InChI is InChI=1S/C24H27ClN4/c1-15-5-12-21(18-6-8-19(25)9-7-18)28(15)23-14-13-22-24(26-23)29(20-10-11-20)17(3)16(2)27(22)4/h6-9,13-14,17,20-21H,1-2,5,10-12H2,3-4H3. The highest BCUT2D eigenvalue weighted by Gasteiger charge is 2.40. The first-order valence-corrected chi connectivity index (χ1v) is 10.8. The smallest absolute Gasteiger partial charge is 0.155 e. The van der Waals surface area contributed by atoms with E-state index in [9.17, 15) is 0 Å². The lowest BCUT2D eigenvalue weighted by atomic mass is 10.0. The normalized spacial score (nSPS) is 24.3. The van der Waals surface area contributed by atoms with Gasteiger partial charge in [0.15, 0.2) is 5.82 Å². The van der Waals surface area contributed by atoms with Crippen LogP contribution in [0.15, 0.2) is 61.0 Å². The Kier molecular flexibility index (Phi) is 4.36. The Morgan fingerprint density at radius 1 is 1.03 bits per heavy atom. The molecular formula is C24H27ClN4. The van der Waals surface area contributed by atoms with Crippen LogP contribution in [-0.2, 0) is 0 Å². The monoisotopic (exact) mass is 406 g/mol. The minimum absolute atomic E-state index is 0.244. The number of rotatable bonds is 3. The average Bonchev–Trinajstić information content (AvgIpc) is 3.48. The fourth-order valence-electron chi connectivity index (χ4n) is 4.73. The molecule has 0 amide bonds. The minimum Gasteiger partial charge on any atom is -0.344 e. The molecule has 3 aliphatic rings. The molecule has 2 atom stereocenters. The zero-order chi connectivity index (χ0) is 20.3. The van der Waals surface area contributed by atoms with Crippen molar-refractivity contribution in [2.75, 3.05) is 21.7 Å². The van der Waals surface area contributed by atoms with Crippen molar-refractivity contribution in [3.63, 3.8) is 0 Å². The second kappa shape index (κ2) is 6.81. The maximum atomic E-state index is 6.11. The van der Waals surface area contributed by atoms with Gasteiger partial charge < -0.3 is 14.7 Å². The van der Waals surface area contributed by atoms with E-state index in [2.05, 4.69) is 66.1 Å². The maximum Gasteiger partial charge on any atom is 0.155 e. The van der Waals surface area contributed by atoms with E-state index in [1.807, 2.05) is 12.1 Å². The van der Waals surface area contributed by atoms with Crippen molar-refractivity contribution in [1.29, 1.82) is 0 Å². The Hall–Kier alpha value is -2.46. The van der Waals surface area contributed by atoms with Crippen molar-refractivity contribution < 1.29 is 0 Å². The molecule has 0 radical (unpaired) electrons. The number of hydrogen-bond donors (Lipinski definition) is 0. The molecule has 5 heteroatoms. The number of anilines is 3. The van der Waals surface area contributed by atoms with Crippen molar-refractivity contribution in [2.45, 2.75) is 50.7 Å². The number of likely N-dealkylation sites (N-methyl/N-ethyl adjacent to an activating group) is 1. The molecule has 1 saturated carbocycles. The van der Waals surface area contributed by atoms with Gasteiger partial charge in [0.1, 0.15) is 5.82 Å². The molecule has 29 heavy (non-hydrogen) atoms. The van der Waals surface area contributed by atoms with Gasteiger partial charge in [0.25, 0.3) is 0 Å². The van der Waals surface area contributed by atoms with Crippen LogP contribution in [0.5, 0.6) is 0 Å². The third kappa shape index (κ3) is 3.01. The van der Waals surface area contributed by atoms with E-state index in [4.69, 9.17) is 16.6 Å². The molecule has 0 spiro atoms. The van der Waals surface area contributed by atoms with Gasteiger partial charge in [-0.1, -0.05) is 36.9 Å². The highest BCUT2D eigenvalue weighted by Crippen LogP contribution is 2.47. The first kappa shape index (κ1) is 18.6. The minimum atomic E-state index is 0.244. The van der Waals surface area contributed by atoms with Gasteiger partial charge in [0.2, 0.25) is 0 Å². The molecule has 2 aromatic rings. The summed E-state index contributed by atoms with van der Waals surface area (Å²) in [5.41, 5.74) is 4.64. The Morgan fingerprint density at radius 3 is 2.45 bits per heavy atom. The number of hydrogen-bond acceptors (Lipinski definition) is 4. The van der Waals surface area contributed by atoms with Gasteiger partial charge in [0, 0.05) is 29.5 Å². The average molecular weight is 407 g/mol. The van der Waals surface area contributed by atoms with E-state index in [-0.39, 0.29) is 12.1 Å². The molecule has 2 unspecified atom stereocenters. The van der Waals surface area contributed by atoms with Crippen LogP contribution in [0.2, 0.25) is 5.02 Å². The molecule has 1 saturated heterocycles. The van der Waals surface area contributed by atoms with E-state index in [1.165, 1.54) is 18.4 Å². The molecule has 2 aliphatic heterocycles. The lowest BCUT2D eigenvalue weighted by Gasteiger charge is -2.43. The molecule has 1 aromatic carbocycles. The summed E-state index contributed by atoms with van der Waals surface area (Å²) in [4.78, 5) is 12.2. The van der Waals surface area contributed by atoms with Crippen LogP contribution in [0, 0.1) is 0 Å². The zero-order valence-corrected chi connectivity index (χ0v) is 17.9. The highest BCUT2D eigenvalue weighted by atomic mass is 35.5. The topological polar surface area (TPSA) is 22.6 Å². The largest absolute Gasteiger partial charge is 0.344 e. The molecule has 1 aliphatic carbocycles. The quantitative estimate of drug-likeness (QED) is 0.631. The SMILES string of the molecule is C=C1C(C)N(C2CC2)c2nc(N3C(=C)CCC3c3ccc(Cl)cc3)ccc2N1C. The maximum absolute atomic E-state index is 6.11. The third-order valence-corrected chi connectivity index (χ3v) is 6.83. The van der Waals surface area contributed by atoms with Crippen LogP contribution < -0.4 is 14.7 Å². The highest BCUT2D eigenvalue weighted by molar-refractivity contribution is 6.30. The van der Waals surface area contributed by atoms with Gasteiger partial charge >= 0.3 is 0 Å². The van der Waals surface area contributed by atoms with Crippen molar-refractivity contribution in [3.8, 4) is 0 Å². The van der Waals surface area contributed by atoms with Gasteiger partial charge in [0.05, 0.1) is 17.8 Å². The summed E-state index contributed by atoms with van der Waals surface area (Å²) in [6.07, 6.45) is 4.48. The van der Waals surface area contributed by atoms with Gasteiger partial charge in [-0.15, -0.1) is 0 Å². The zero-order valence-electron chi connectivity index (χ0n) is 17.1. The van der Waals surface area contributed by atoms with Crippen molar-refractivity contribution in [1.82, 2.24) is 4.98 Å². The summed E-state index contributed by atoms with van der Waals surface area (Å²) < 4.78 is 0. The van der Waals surface area contributed by atoms with Crippen molar-refractivity contribution in [3.05, 3.63) is 71.5 Å². The van der Waals surface area contributed by atoms with E-state index in [0.29, 0.717) is 6.04 Å². The lowest BCUT2D eigenvalue weighted by molar-refractivity contribution is 0.651. The number of benzene rings is 1. The van der Waals surface area contributed by atoms with Crippen LogP contribution in [0.4, 0.5) is 17.3 Å². The second-order valence-electron chi connectivity index (χ2n) is 8.42. The summed E-state index contributed by atoms with van der Waals surface area (Å²) >= 11 is 6.11. The fourth-order valence-corrected chi connectivity index (χ4v) is 4.86. The first-order chi connectivity index (χ1) is 14.0. The predicted molar refractivity (Wildman–Crippen MR) is 122 cm³/mol. The number of fused-ring (bicyclic) bond motifs is 1. The van der Waals surface area contributed by atoms with Crippen molar-refractivity contribution in [2.24, 2.45) is 0 Å². The first-order valence-electron chi connectivity index (χ1n) is 10.4. The van der Waals surface area contributed by atoms with Crippen LogP contribution in [-0.4, -0.2) is 24.1 Å². The third-order valence-electron chi connectivity index (χ3n) is 6.58. The Morgan fingerprint density at radius 2 is 1.76 bits per heavy atom. The van der Waals surface area contributed by atoms with Crippen LogP contribution in [0.3, 0.4) is 0 Å². The summed E-state index contributed by atoms with van der Waals surface area (Å²) in [5.74, 6) is 2.05. The molecule has 1 aromatic heterocycles. The molecule has 4 nitrogen and oxygen atoms in total. The van der Waals surface area contributed by atoms with Gasteiger partial charge in [-0.25, -0.2) is 4.98 Å². The number of pyridine rings is 1. The summed E-state index contributed by atoms with van der Waals surface area (Å²) in [7, 11) is 2.09. The fraction of sp³-hybridized carbons (Fsp3) is 0.375. The Labute approximate surface area is 178 Å². The van der Waals surface area contributed by atoms with E-state index < -0.39 is 0 Å². The predicted octanol–water partition coefficient (Wildman–Crippen LogP) is 5.91. The van der Waals surface area contributed by atoms with Crippen molar-refractivity contribution >= 4 is 28.9 Å². The van der Waals surface area contributed by atoms with E-state index >= 15 is 0 Å². The van der Waals surface area contributed by atoms with Gasteiger partial charge in [-0.3, -0.25) is 0 Å². The van der Waals surface area contributed by atoms with E-state index in [0.717, 1.165) is 46.6 Å². The van der Waals surface area contributed by atoms with Gasteiger partial charge in [-0.05, 0) is 62.4 Å². The Bertz CT molecular complexity index is 979. The second-order valence-corrected chi connectivity index (χ2v) is 8.86. The summed E-state index contributed by atoms with van der Waals surface area (Å²) in [6, 6.07) is 13.6. The number of aromatic nitrogens is 1.